The second-order valence-electron chi connectivity index (χ2n) is 0.0833. The zero-order chi connectivity index (χ0) is 2.71. The van der Waals surface area contributed by atoms with E-state index in [1.165, 1.54) is 0 Å². The molecule has 4 heteroatoms. The number of rotatable bonds is 0. The van der Waals surface area contributed by atoms with Crippen LogP contribution in [-0.2, 0) is 3.78 Å². The molecule has 0 aliphatic rings. The molecular weight excluding hydrogens is 177 g/mol. The zero-order valence-corrected chi connectivity index (χ0v) is 8.61. The van der Waals surface area contributed by atoms with Gasteiger partial charge in [0, 0.05) is 0 Å². The van der Waals surface area contributed by atoms with Crippen LogP contribution < -0.4 is 4.13 Å². The molecule has 0 rings (SSSR count). The summed E-state index contributed by atoms with van der Waals surface area (Å²) in [6.45, 7) is 0. The van der Waals surface area contributed by atoms with Gasteiger partial charge in [-0.2, -0.15) is 0 Å². The molecule has 2 nitrogen and oxygen atoms in total. The van der Waals surface area contributed by atoms with Crippen LogP contribution in [0.25, 0.3) is 0 Å². The maximum atomic E-state index is 8.50. The molecule has 0 bridgehead atoms. The molecule has 0 spiro atoms. The van der Waals surface area contributed by atoms with Crippen molar-refractivity contribution in [3.05, 3.63) is 0 Å². The monoisotopic (exact) mass is 183 g/mol. The topological polar surface area (TPSA) is 40.1 Å². The molecule has 2 radical (unpaired) electrons. The molecular formula is H3Ge2O2-. The third-order valence-electron chi connectivity index (χ3n) is 0. The third kappa shape index (κ3) is 16.2. The van der Waals surface area contributed by atoms with Gasteiger partial charge in [0.25, 0.3) is 0 Å². The van der Waals surface area contributed by atoms with E-state index in [4.69, 9.17) is 7.91 Å². The zero-order valence-electron chi connectivity index (χ0n) is 2.32. The third-order valence-corrected chi connectivity index (χ3v) is 0. The fourth-order valence-corrected chi connectivity index (χ4v) is 0. The first-order valence-electron chi connectivity index (χ1n) is 0.408. The van der Waals surface area contributed by atoms with E-state index in [9.17, 15) is 0 Å². The van der Waals surface area contributed by atoms with Crippen LogP contribution in [0, 0.1) is 0 Å². The molecule has 0 aliphatic carbocycles. The molecule has 0 atom stereocenters. The van der Waals surface area contributed by atoms with Crippen LogP contribution in [0.4, 0.5) is 0 Å². The summed E-state index contributed by atoms with van der Waals surface area (Å²) in [7, 11) is 0. The molecule has 0 saturated carbocycles. The quantitative estimate of drug-likeness (QED) is 0.376. The van der Waals surface area contributed by atoms with Gasteiger partial charge in [0.05, 0.1) is 0 Å². The van der Waals surface area contributed by atoms with Crippen molar-refractivity contribution in [2.24, 2.45) is 0 Å². The van der Waals surface area contributed by atoms with Gasteiger partial charge in [-0.15, -0.1) is 0 Å². The van der Waals surface area contributed by atoms with E-state index < -0.39 is 15.7 Å². The fraction of sp³-hybridized carbons (Fsp3) is 0. The Morgan fingerprint density at radius 3 is 1.75 bits per heavy atom. The van der Waals surface area contributed by atoms with Gasteiger partial charge in [-0.25, -0.2) is 0 Å². The second-order valence-corrected chi connectivity index (χ2v) is 0.433. The standard InChI is InChI=1S/GeO2.GeH3/c2-1-3;/h;1H3/q-1;. The fourth-order valence-electron chi connectivity index (χ4n) is 0. The summed E-state index contributed by atoms with van der Waals surface area (Å²) in [4.78, 5) is 0. The average Bonchev–Trinajstić information content (AvgIpc) is 0.918. The molecule has 0 fully saturated rings. The predicted octanol–water partition coefficient (Wildman–Crippen LogP) is -2.87. The first-order valence-corrected chi connectivity index (χ1v) is 2.12. The Labute approximate surface area is 41.6 Å². The van der Waals surface area contributed by atoms with Gasteiger partial charge in [0.1, 0.15) is 0 Å². The van der Waals surface area contributed by atoms with Gasteiger partial charge >= 0.3 is 41.2 Å². The van der Waals surface area contributed by atoms with E-state index in [-0.39, 0.29) is 17.6 Å². The Hall–Kier alpha value is 0.686. The van der Waals surface area contributed by atoms with Crippen LogP contribution in [0.2, 0.25) is 0 Å². The molecule has 24 valence electrons. The van der Waals surface area contributed by atoms with Crippen LogP contribution >= 0.6 is 0 Å². The van der Waals surface area contributed by atoms with Crippen molar-refractivity contribution in [1.29, 1.82) is 0 Å². The summed E-state index contributed by atoms with van der Waals surface area (Å²) in [5, 5.41) is 0. The van der Waals surface area contributed by atoms with Crippen molar-refractivity contribution in [2.75, 3.05) is 0 Å². The summed E-state index contributed by atoms with van der Waals surface area (Å²) >= 11 is -2.00. The Morgan fingerprint density at radius 2 is 1.75 bits per heavy atom. The second kappa shape index (κ2) is 9.36. The number of hydrogen-bond acceptors (Lipinski definition) is 2. The minimum absolute atomic E-state index is 0. The maximum absolute atomic E-state index is 8.50. The van der Waals surface area contributed by atoms with Crippen LogP contribution in [0.5, 0.6) is 0 Å². The first kappa shape index (κ1) is 8.82. The molecule has 4 heavy (non-hydrogen) atoms. The summed E-state index contributed by atoms with van der Waals surface area (Å²) in [6, 6.07) is 0. The molecule has 0 heterocycles. The number of hydrogen-bond donors (Lipinski definition) is 0. The molecule has 0 saturated heterocycles. The molecule has 0 aromatic heterocycles. The Kier molecular flexibility index (Phi) is 20.6. The SMILES string of the molecule is [GeH3].[O]=[Ge][O-]. The van der Waals surface area contributed by atoms with Crippen molar-refractivity contribution in [3.63, 3.8) is 0 Å². The summed E-state index contributed by atoms with van der Waals surface area (Å²) in [6.07, 6.45) is 0. The van der Waals surface area contributed by atoms with Gasteiger partial charge < -0.3 is 0 Å². The molecule has 0 N–H and O–H groups in total. The van der Waals surface area contributed by atoms with Gasteiger partial charge in [0.15, 0.2) is 0 Å². The van der Waals surface area contributed by atoms with E-state index in [0.29, 0.717) is 0 Å². The van der Waals surface area contributed by atoms with E-state index in [1.54, 1.807) is 0 Å². The van der Waals surface area contributed by atoms with Crippen molar-refractivity contribution >= 4 is 33.3 Å². The van der Waals surface area contributed by atoms with Crippen LogP contribution in [0.1, 0.15) is 0 Å². The van der Waals surface area contributed by atoms with E-state index in [2.05, 4.69) is 0 Å². The molecule has 0 unspecified atom stereocenters. The molecule has 0 aromatic carbocycles. The minimum atomic E-state index is -2.00. The Morgan fingerprint density at radius 1 is 1.75 bits per heavy atom. The molecule has 0 amide bonds. The Bertz CT molecular complexity index is 11.5. The summed E-state index contributed by atoms with van der Waals surface area (Å²) in [5.41, 5.74) is 0. The average molecular weight is 180 g/mol. The predicted molar refractivity (Wildman–Crippen MR) is 16.4 cm³/mol. The summed E-state index contributed by atoms with van der Waals surface area (Å²) in [5.74, 6) is 0. The van der Waals surface area contributed by atoms with Crippen molar-refractivity contribution in [3.8, 4) is 0 Å². The van der Waals surface area contributed by atoms with E-state index in [0.717, 1.165) is 0 Å². The van der Waals surface area contributed by atoms with Crippen LogP contribution in [-0.4, -0.2) is 33.3 Å². The normalized spacial score (nSPS) is 3.00. The first-order chi connectivity index (χ1) is 1.41. The van der Waals surface area contributed by atoms with Gasteiger partial charge in [-0.3, -0.25) is 0 Å². The summed E-state index contributed by atoms with van der Waals surface area (Å²) < 4.78 is 17.0. The van der Waals surface area contributed by atoms with Gasteiger partial charge in [-0.1, -0.05) is 0 Å². The Balaban J connectivity index is 0. The van der Waals surface area contributed by atoms with Crippen molar-refractivity contribution < 1.29 is 7.91 Å². The van der Waals surface area contributed by atoms with E-state index in [1.807, 2.05) is 0 Å². The molecule has 0 aromatic rings. The van der Waals surface area contributed by atoms with Crippen LogP contribution in [0.15, 0.2) is 0 Å². The van der Waals surface area contributed by atoms with E-state index >= 15 is 0 Å². The van der Waals surface area contributed by atoms with Crippen molar-refractivity contribution in [1.82, 2.24) is 0 Å². The van der Waals surface area contributed by atoms with Gasteiger partial charge in [-0.05, 0) is 0 Å². The van der Waals surface area contributed by atoms with Gasteiger partial charge in [0.2, 0.25) is 0 Å². The van der Waals surface area contributed by atoms with Crippen LogP contribution in [0.3, 0.4) is 0 Å². The molecule has 0 aliphatic heterocycles. The van der Waals surface area contributed by atoms with Crippen molar-refractivity contribution in [2.45, 2.75) is 0 Å².